The van der Waals surface area contributed by atoms with E-state index in [1.165, 1.54) is 0 Å². The van der Waals surface area contributed by atoms with E-state index in [4.69, 9.17) is 16.3 Å². The molecule has 12 heavy (non-hydrogen) atoms. The molecule has 2 rings (SSSR count). The molecule has 1 aromatic rings. The van der Waals surface area contributed by atoms with Crippen LogP contribution in [-0.2, 0) is 10.6 Å². The summed E-state index contributed by atoms with van der Waals surface area (Å²) in [5.74, 6) is 0.524. The molecule has 0 radical (unpaired) electrons. The highest BCUT2D eigenvalue weighted by Crippen LogP contribution is 2.20. The number of hydrogen-bond acceptors (Lipinski definition) is 2. The number of alkyl halides is 1. The summed E-state index contributed by atoms with van der Waals surface area (Å²) in [5, 5.41) is 0. The molecule has 0 saturated carbocycles. The van der Waals surface area contributed by atoms with Crippen LogP contribution in [0.1, 0.15) is 18.2 Å². The molecule has 1 unspecified atom stereocenters. The topological polar surface area (TPSA) is 27.1 Å². The van der Waals surface area contributed by atoms with Crippen molar-refractivity contribution < 1.29 is 4.74 Å². The first-order valence-corrected chi connectivity index (χ1v) is 4.59. The minimum Gasteiger partial charge on any atom is -0.379 e. The molecule has 0 spiro atoms. The second kappa shape index (κ2) is 3.46. The maximum atomic E-state index is 5.75. The average Bonchev–Trinajstić information content (AvgIpc) is 2.74. The molecule has 0 amide bonds. The average molecular weight is 187 g/mol. The van der Waals surface area contributed by atoms with E-state index < -0.39 is 0 Å². The second-order valence-electron chi connectivity index (χ2n) is 2.94. The maximum absolute atomic E-state index is 5.75. The molecule has 1 aromatic heterocycles. The van der Waals surface area contributed by atoms with Crippen molar-refractivity contribution in [2.45, 2.75) is 18.3 Å². The quantitative estimate of drug-likeness (QED) is 0.656. The number of hydrogen-bond donors (Lipinski definition) is 0. The number of nitrogens with zero attached hydrogens (tertiary/aromatic N) is 2. The smallest absolute Gasteiger partial charge is 0.0951 e. The predicted molar refractivity (Wildman–Crippen MR) is 46.3 cm³/mol. The standard InChI is InChI=1S/C8H11ClN2O/c9-3-8-4-10-6-11(8)7-1-2-12-5-7/h4,6-7H,1-3,5H2. The molecule has 1 fully saturated rings. The van der Waals surface area contributed by atoms with Crippen LogP contribution in [-0.4, -0.2) is 22.8 Å². The van der Waals surface area contributed by atoms with Crippen molar-refractivity contribution in [3.8, 4) is 0 Å². The lowest BCUT2D eigenvalue weighted by atomic mass is 10.2. The monoisotopic (exact) mass is 186 g/mol. The lowest BCUT2D eigenvalue weighted by Gasteiger charge is -2.11. The first-order chi connectivity index (χ1) is 5.92. The summed E-state index contributed by atoms with van der Waals surface area (Å²) >= 11 is 5.75. The molecule has 1 saturated heterocycles. The van der Waals surface area contributed by atoms with Crippen LogP contribution in [0.25, 0.3) is 0 Å². The van der Waals surface area contributed by atoms with Gasteiger partial charge in [-0.2, -0.15) is 0 Å². The molecular formula is C8H11ClN2O. The van der Waals surface area contributed by atoms with Crippen LogP contribution in [0, 0.1) is 0 Å². The number of ether oxygens (including phenoxy) is 1. The predicted octanol–water partition coefficient (Wildman–Crippen LogP) is 1.58. The van der Waals surface area contributed by atoms with Crippen LogP contribution in [0.2, 0.25) is 0 Å². The Hall–Kier alpha value is -0.540. The van der Waals surface area contributed by atoms with E-state index >= 15 is 0 Å². The molecule has 0 aliphatic carbocycles. The van der Waals surface area contributed by atoms with Gasteiger partial charge in [-0.25, -0.2) is 4.98 Å². The Morgan fingerprint density at radius 2 is 2.67 bits per heavy atom. The van der Waals surface area contributed by atoms with Crippen LogP contribution >= 0.6 is 11.6 Å². The van der Waals surface area contributed by atoms with Crippen LogP contribution < -0.4 is 0 Å². The van der Waals surface area contributed by atoms with Gasteiger partial charge < -0.3 is 9.30 Å². The molecule has 0 bridgehead atoms. The fourth-order valence-corrected chi connectivity index (χ4v) is 1.71. The molecule has 1 aliphatic rings. The Labute approximate surface area is 76.3 Å². The highest BCUT2D eigenvalue weighted by atomic mass is 35.5. The van der Waals surface area contributed by atoms with Crippen molar-refractivity contribution in [1.82, 2.24) is 9.55 Å². The molecule has 0 aromatic carbocycles. The van der Waals surface area contributed by atoms with E-state index in [-0.39, 0.29) is 0 Å². The molecule has 66 valence electrons. The minimum atomic E-state index is 0.446. The Bertz CT molecular complexity index is 255. The van der Waals surface area contributed by atoms with E-state index in [0.29, 0.717) is 11.9 Å². The zero-order chi connectivity index (χ0) is 8.39. The van der Waals surface area contributed by atoms with Crippen molar-refractivity contribution in [2.75, 3.05) is 13.2 Å². The van der Waals surface area contributed by atoms with Gasteiger partial charge in [-0.1, -0.05) is 0 Å². The first-order valence-electron chi connectivity index (χ1n) is 4.06. The molecule has 4 heteroatoms. The summed E-state index contributed by atoms with van der Waals surface area (Å²) in [6, 6.07) is 0.446. The maximum Gasteiger partial charge on any atom is 0.0951 e. The highest BCUT2D eigenvalue weighted by Gasteiger charge is 2.18. The van der Waals surface area contributed by atoms with Gasteiger partial charge in [0.1, 0.15) is 0 Å². The molecule has 1 aliphatic heterocycles. The first kappa shape index (κ1) is 8.08. The van der Waals surface area contributed by atoms with Gasteiger partial charge in [-0.15, -0.1) is 11.6 Å². The molecule has 2 heterocycles. The van der Waals surface area contributed by atoms with Gasteiger partial charge in [0.2, 0.25) is 0 Å². The van der Waals surface area contributed by atoms with Gasteiger partial charge in [0.25, 0.3) is 0 Å². The third kappa shape index (κ3) is 1.34. The van der Waals surface area contributed by atoms with Crippen LogP contribution in [0.4, 0.5) is 0 Å². The fraction of sp³-hybridized carbons (Fsp3) is 0.625. The van der Waals surface area contributed by atoms with E-state index in [0.717, 1.165) is 25.3 Å². The lowest BCUT2D eigenvalue weighted by molar-refractivity contribution is 0.186. The van der Waals surface area contributed by atoms with E-state index in [1.54, 1.807) is 0 Å². The third-order valence-corrected chi connectivity index (χ3v) is 2.46. The normalized spacial score (nSPS) is 23.2. The van der Waals surface area contributed by atoms with Crippen LogP contribution in [0.15, 0.2) is 12.5 Å². The van der Waals surface area contributed by atoms with Crippen molar-refractivity contribution in [3.63, 3.8) is 0 Å². The second-order valence-corrected chi connectivity index (χ2v) is 3.21. The summed E-state index contributed by atoms with van der Waals surface area (Å²) in [6.45, 7) is 1.64. The van der Waals surface area contributed by atoms with Gasteiger partial charge >= 0.3 is 0 Å². The SMILES string of the molecule is ClCc1cncn1C1CCOC1. The van der Waals surface area contributed by atoms with Gasteiger partial charge in [0.05, 0.1) is 30.5 Å². The highest BCUT2D eigenvalue weighted by molar-refractivity contribution is 6.16. The Morgan fingerprint density at radius 3 is 3.33 bits per heavy atom. The Balaban J connectivity index is 2.19. The molecular weight excluding hydrogens is 176 g/mol. The zero-order valence-electron chi connectivity index (χ0n) is 6.74. The summed E-state index contributed by atoms with van der Waals surface area (Å²) in [7, 11) is 0. The van der Waals surface area contributed by atoms with Gasteiger partial charge in [0.15, 0.2) is 0 Å². The van der Waals surface area contributed by atoms with E-state index in [2.05, 4.69) is 9.55 Å². The van der Waals surface area contributed by atoms with Gasteiger partial charge in [0, 0.05) is 12.8 Å². The number of rotatable bonds is 2. The number of halogens is 1. The molecule has 0 N–H and O–H groups in total. The van der Waals surface area contributed by atoms with Crippen molar-refractivity contribution in [1.29, 1.82) is 0 Å². The fourth-order valence-electron chi connectivity index (χ4n) is 1.51. The van der Waals surface area contributed by atoms with Gasteiger partial charge in [-0.05, 0) is 6.42 Å². The Morgan fingerprint density at radius 1 is 1.75 bits per heavy atom. The number of aromatic nitrogens is 2. The van der Waals surface area contributed by atoms with Gasteiger partial charge in [-0.3, -0.25) is 0 Å². The third-order valence-electron chi connectivity index (χ3n) is 2.18. The Kier molecular flexibility index (Phi) is 2.33. The molecule has 1 atom stereocenters. The summed E-state index contributed by atoms with van der Waals surface area (Å²) in [4.78, 5) is 4.06. The van der Waals surface area contributed by atoms with E-state index in [1.807, 2.05) is 12.5 Å². The van der Waals surface area contributed by atoms with Crippen molar-refractivity contribution >= 4 is 11.6 Å². The van der Waals surface area contributed by atoms with Crippen LogP contribution in [0.3, 0.4) is 0 Å². The number of imidazole rings is 1. The summed E-state index contributed by atoms with van der Waals surface area (Å²) < 4.78 is 7.40. The summed E-state index contributed by atoms with van der Waals surface area (Å²) in [5.41, 5.74) is 1.08. The molecule has 3 nitrogen and oxygen atoms in total. The zero-order valence-corrected chi connectivity index (χ0v) is 7.50. The van der Waals surface area contributed by atoms with Crippen molar-refractivity contribution in [3.05, 3.63) is 18.2 Å². The lowest BCUT2D eigenvalue weighted by Crippen LogP contribution is -2.09. The van der Waals surface area contributed by atoms with Crippen LogP contribution in [0.5, 0.6) is 0 Å². The van der Waals surface area contributed by atoms with Crippen molar-refractivity contribution in [2.24, 2.45) is 0 Å². The minimum absolute atomic E-state index is 0.446. The summed E-state index contributed by atoms with van der Waals surface area (Å²) in [6.07, 6.45) is 4.71. The van der Waals surface area contributed by atoms with E-state index in [9.17, 15) is 0 Å². The largest absolute Gasteiger partial charge is 0.379 e.